The Kier molecular flexibility index (Phi) is 4.08. The molecule has 2 nitrogen and oxygen atoms in total. The van der Waals surface area contributed by atoms with Crippen LogP contribution in [0.25, 0.3) is 11.0 Å². The quantitative estimate of drug-likeness (QED) is 0.814. The fraction of sp³-hybridized carbons (Fsp3) is 0.579. The molecule has 1 aromatic carbocycles. The average Bonchev–Trinajstić information content (AvgIpc) is 3.09. The predicted molar refractivity (Wildman–Crippen MR) is 88.6 cm³/mol. The number of rotatable bonds is 5. The van der Waals surface area contributed by atoms with E-state index in [1.54, 1.807) is 0 Å². The normalized spacial score (nSPS) is 19.2. The topological polar surface area (TPSA) is 25.2 Å². The largest absolute Gasteiger partial charge is 0.461 e. The van der Waals surface area contributed by atoms with Crippen molar-refractivity contribution in [3.8, 4) is 0 Å². The number of hydrogen-bond acceptors (Lipinski definition) is 2. The van der Waals surface area contributed by atoms with Crippen LogP contribution in [-0.2, 0) is 6.42 Å². The summed E-state index contributed by atoms with van der Waals surface area (Å²) in [6, 6.07) is 8.91. The summed E-state index contributed by atoms with van der Waals surface area (Å²) >= 11 is 0. The molecule has 1 heterocycles. The summed E-state index contributed by atoms with van der Waals surface area (Å²) in [5.74, 6) is 1.16. The number of hydrogen-bond donors (Lipinski definition) is 1. The van der Waals surface area contributed by atoms with Gasteiger partial charge in [-0.15, -0.1) is 0 Å². The average molecular weight is 285 g/mol. The van der Waals surface area contributed by atoms with Crippen LogP contribution in [0.2, 0.25) is 0 Å². The fourth-order valence-electron chi connectivity index (χ4n) is 4.07. The molecule has 0 saturated heterocycles. The molecule has 2 aromatic rings. The second-order valence-electron chi connectivity index (χ2n) is 6.64. The van der Waals surface area contributed by atoms with Crippen molar-refractivity contribution in [2.24, 2.45) is 5.41 Å². The third-order valence-corrected chi connectivity index (χ3v) is 5.17. The molecule has 0 radical (unpaired) electrons. The summed E-state index contributed by atoms with van der Waals surface area (Å²) in [4.78, 5) is 0. The van der Waals surface area contributed by atoms with Gasteiger partial charge < -0.3 is 9.73 Å². The first-order chi connectivity index (χ1) is 10.2. The smallest absolute Gasteiger partial charge is 0.134 e. The van der Waals surface area contributed by atoms with E-state index in [1.807, 2.05) is 0 Å². The first-order valence-corrected chi connectivity index (χ1v) is 8.43. The SMILES string of the molecule is CCNC(c1c(CC)oc2ccccc12)C1(C)CCCC1. The molecule has 1 aliphatic carbocycles. The van der Waals surface area contributed by atoms with Gasteiger partial charge in [-0.05, 0) is 30.9 Å². The predicted octanol–water partition coefficient (Wildman–Crippen LogP) is 5.23. The van der Waals surface area contributed by atoms with Crippen molar-refractivity contribution in [3.63, 3.8) is 0 Å². The Balaban J connectivity index is 2.14. The van der Waals surface area contributed by atoms with Crippen LogP contribution in [0.15, 0.2) is 28.7 Å². The zero-order valence-electron chi connectivity index (χ0n) is 13.5. The van der Waals surface area contributed by atoms with Gasteiger partial charge in [0.1, 0.15) is 11.3 Å². The van der Waals surface area contributed by atoms with Crippen LogP contribution in [0.3, 0.4) is 0 Å². The van der Waals surface area contributed by atoms with Crippen molar-refractivity contribution >= 4 is 11.0 Å². The third kappa shape index (κ3) is 2.50. The van der Waals surface area contributed by atoms with Crippen LogP contribution >= 0.6 is 0 Å². The van der Waals surface area contributed by atoms with E-state index in [9.17, 15) is 0 Å². The molecule has 114 valence electrons. The summed E-state index contributed by atoms with van der Waals surface area (Å²) in [6.45, 7) is 7.86. The number of fused-ring (bicyclic) bond motifs is 1. The molecular weight excluding hydrogens is 258 g/mol. The maximum atomic E-state index is 6.14. The molecule has 1 N–H and O–H groups in total. The van der Waals surface area contributed by atoms with E-state index in [0.717, 1.165) is 24.3 Å². The molecule has 1 aromatic heterocycles. The van der Waals surface area contributed by atoms with Crippen LogP contribution in [0.4, 0.5) is 0 Å². The summed E-state index contributed by atoms with van der Waals surface area (Å²) in [5, 5.41) is 5.07. The molecule has 1 aliphatic rings. The highest BCUT2D eigenvalue weighted by molar-refractivity contribution is 5.83. The summed E-state index contributed by atoms with van der Waals surface area (Å²) in [6.07, 6.45) is 6.30. The van der Waals surface area contributed by atoms with Crippen molar-refractivity contribution < 1.29 is 4.42 Å². The Morgan fingerprint density at radius 1 is 1.19 bits per heavy atom. The Hall–Kier alpha value is -1.28. The van der Waals surface area contributed by atoms with Gasteiger partial charge in [0.05, 0.1) is 0 Å². The number of benzene rings is 1. The standard InChI is InChI=1S/C19H27NO/c1-4-15-17(14-10-6-7-11-16(14)21-15)18(20-5-2)19(3)12-8-9-13-19/h6-7,10-11,18,20H,4-5,8-9,12-13H2,1-3H3. The van der Waals surface area contributed by atoms with Gasteiger partial charge in [-0.25, -0.2) is 0 Å². The van der Waals surface area contributed by atoms with Crippen LogP contribution in [-0.4, -0.2) is 6.54 Å². The van der Waals surface area contributed by atoms with Crippen LogP contribution in [0, 0.1) is 5.41 Å². The molecule has 0 bridgehead atoms. The maximum absolute atomic E-state index is 6.14. The monoisotopic (exact) mass is 285 g/mol. The first-order valence-electron chi connectivity index (χ1n) is 8.43. The molecule has 1 fully saturated rings. The van der Waals surface area contributed by atoms with Crippen molar-refractivity contribution in [1.29, 1.82) is 0 Å². The second-order valence-corrected chi connectivity index (χ2v) is 6.64. The van der Waals surface area contributed by atoms with E-state index in [2.05, 4.69) is 50.4 Å². The first kappa shape index (κ1) is 14.6. The molecule has 0 spiro atoms. The molecule has 21 heavy (non-hydrogen) atoms. The van der Waals surface area contributed by atoms with E-state index in [0.29, 0.717) is 11.5 Å². The minimum absolute atomic E-state index is 0.354. The van der Waals surface area contributed by atoms with Gasteiger partial charge >= 0.3 is 0 Å². The van der Waals surface area contributed by atoms with Gasteiger partial charge in [-0.2, -0.15) is 0 Å². The van der Waals surface area contributed by atoms with E-state index in [1.165, 1.54) is 36.6 Å². The maximum Gasteiger partial charge on any atom is 0.134 e. The van der Waals surface area contributed by atoms with Crippen LogP contribution < -0.4 is 5.32 Å². The Labute approximate surface area is 127 Å². The lowest BCUT2D eigenvalue weighted by molar-refractivity contribution is 0.224. The lowest BCUT2D eigenvalue weighted by Gasteiger charge is -2.35. The van der Waals surface area contributed by atoms with Crippen molar-refractivity contribution in [2.45, 2.75) is 58.9 Å². The van der Waals surface area contributed by atoms with E-state index >= 15 is 0 Å². The van der Waals surface area contributed by atoms with E-state index < -0.39 is 0 Å². The highest BCUT2D eigenvalue weighted by atomic mass is 16.3. The summed E-state index contributed by atoms with van der Waals surface area (Å²) in [7, 11) is 0. The van der Waals surface area contributed by atoms with E-state index in [4.69, 9.17) is 4.42 Å². The van der Waals surface area contributed by atoms with Gasteiger partial charge in [0.2, 0.25) is 0 Å². The highest BCUT2D eigenvalue weighted by Gasteiger charge is 2.39. The van der Waals surface area contributed by atoms with Crippen molar-refractivity contribution in [3.05, 3.63) is 35.6 Å². The molecular formula is C19H27NO. The minimum Gasteiger partial charge on any atom is -0.461 e. The third-order valence-electron chi connectivity index (χ3n) is 5.17. The number of furan rings is 1. The zero-order chi connectivity index (χ0) is 14.9. The Bertz CT molecular complexity index is 607. The fourth-order valence-corrected chi connectivity index (χ4v) is 4.07. The zero-order valence-corrected chi connectivity index (χ0v) is 13.5. The number of nitrogens with one attached hydrogen (secondary N) is 1. The van der Waals surface area contributed by atoms with Gasteiger partial charge in [-0.3, -0.25) is 0 Å². The summed E-state index contributed by atoms with van der Waals surface area (Å²) < 4.78 is 6.14. The van der Waals surface area contributed by atoms with E-state index in [-0.39, 0.29) is 0 Å². The van der Waals surface area contributed by atoms with Gasteiger partial charge in [-0.1, -0.05) is 51.8 Å². The summed E-state index contributed by atoms with van der Waals surface area (Å²) in [5.41, 5.74) is 2.81. The minimum atomic E-state index is 0.354. The molecule has 3 rings (SSSR count). The Morgan fingerprint density at radius 2 is 1.90 bits per heavy atom. The lowest BCUT2D eigenvalue weighted by Crippen LogP contribution is -2.34. The van der Waals surface area contributed by atoms with Gasteiger partial charge in [0, 0.05) is 23.4 Å². The lowest BCUT2D eigenvalue weighted by atomic mass is 9.76. The molecule has 1 unspecified atom stereocenters. The molecule has 1 saturated carbocycles. The second kappa shape index (κ2) is 5.84. The Morgan fingerprint density at radius 3 is 2.57 bits per heavy atom. The van der Waals surface area contributed by atoms with Crippen molar-refractivity contribution in [2.75, 3.05) is 6.54 Å². The van der Waals surface area contributed by atoms with Crippen LogP contribution in [0.1, 0.15) is 63.8 Å². The van der Waals surface area contributed by atoms with Gasteiger partial charge in [0.15, 0.2) is 0 Å². The molecule has 0 amide bonds. The van der Waals surface area contributed by atoms with Crippen LogP contribution in [0.5, 0.6) is 0 Å². The van der Waals surface area contributed by atoms with Crippen molar-refractivity contribution in [1.82, 2.24) is 5.32 Å². The number of para-hydroxylation sites is 1. The van der Waals surface area contributed by atoms with Gasteiger partial charge in [0.25, 0.3) is 0 Å². The molecule has 1 atom stereocenters. The molecule has 2 heteroatoms. The highest BCUT2D eigenvalue weighted by Crippen LogP contribution is 2.49. The molecule has 0 aliphatic heterocycles. The number of aryl methyl sites for hydroxylation is 1.